The molecule has 1 saturated heterocycles. The summed E-state index contributed by atoms with van der Waals surface area (Å²) in [6.07, 6.45) is 0.0544. The summed E-state index contributed by atoms with van der Waals surface area (Å²) in [7, 11) is 1.33. The van der Waals surface area contributed by atoms with Crippen molar-refractivity contribution in [3.05, 3.63) is 24.3 Å². The molecule has 82 valence electrons. The second-order valence-corrected chi connectivity index (χ2v) is 2.81. The monoisotopic (exact) mass is 212 g/mol. The molecule has 0 aromatic rings. The van der Waals surface area contributed by atoms with E-state index in [9.17, 15) is 14.4 Å². The number of rotatable bonds is 1. The topological polar surface area (TPSA) is 69.7 Å². The van der Waals surface area contributed by atoms with Crippen LogP contribution in [0.3, 0.4) is 0 Å². The Hall–Kier alpha value is -1.91. The van der Waals surface area contributed by atoms with E-state index in [0.717, 1.165) is 0 Å². The van der Waals surface area contributed by atoms with E-state index in [1.165, 1.54) is 7.11 Å². The molecule has 1 rings (SSSR count). The molecule has 0 bridgehead atoms. The smallest absolute Gasteiger partial charge is 0.341 e. The van der Waals surface area contributed by atoms with Gasteiger partial charge in [0.2, 0.25) is 0 Å². The molecule has 0 spiro atoms. The van der Waals surface area contributed by atoms with Gasteiger partial charge in [-0.15, -0.1) is 0 Å². The van der Waals surface area contributed by atoms with Crippen molar-refractivity contribution in [2.75, 3.05) is 7.11 Å². The van der Waals surface area contributed by atoms with Crippen LogP contribution in [-0.4, -0.2) is 25.0 Å². The average molecular weight is 212 g/mol. The summed E-state index contributed by atoms with van der Waals surface area (Å²) in [5, 5.41) is 0. The molecule has 0 atom stereocenters. The van der Waals surface area contributed by atoms with Gasteiger partial charge in [-0.2, -0.15) is 0 Å². The normalized spacial score (nSPS) is 13.9. The largest absolute Gasteiger partial charge is 0.466 e. The van der Waals surface area contributed by atoms with E-state index in [-0.39, 0.29) is 18.0 Å². The first-order chi connectivity index (χ1) is 6.88. The quantitative estimate of drug-likeness (QED) is 0.364. The maximum Gasteiger partial charge on any atom is 0.341 e. The zero-order chi connectivity index (χ0) is 12.0. The van der Waals surface area contributed by atoms with Crippen LogP contribution in [0.25, 0.3) is 0 Å². The van der Waals surface area contributed by atoms with E-state index in [1.54, 1.807) is 6.92 Å². The molecule has 0 aromatic heterocycles. The molecule has 15 heavy (non-hydrogen) atoms. The number of hydrogen-bond donors (Lipinski definition) is 0. The molecule has 5 heteroatoms. The highest BCUT2D eigenvalue weighted by molar-refractivity contribution is 6.05. The second kappa shape index (κ2) is 5.74. The fourth-order valence-corrected chi connectivity index (χ4v) is 0.632. The number of hydrogen-bond acceptors (Lipinski definition) is 5. The molecule has 5 nitrogen and oxygen atoms in total. The highest BCUT2D eigenvalue weighted by Crippen LogP contribution is 2.10. The predicted molar refractivity (Wildman–Crippen MR) is 51.7 cm³/mol. The predicted octanol–water partition coefficient (Wildman–Crippen LogP) is 0.752. The van der Waals surface area contributed by atoms with Crippen molar-refractivity contribution in [3.8, 4) is 0 Å². The van der Waals surface area contributed by atoms with Gasteiger partial charge in [0.05, 0.1) is 13.5 Å². The standard InChI is InChI=1S/C5H4O3.C5H8O2/c1-3-2-4(6)8-5(3)7;1-4(2)5(6)7-3/h1-2H2;1H2,2-3H3. The summed E-state index contributed by atoms with van der Waals surface area (Å²) in [6.45, 7) is 8.24. The van der Waals surface area contributed by atoms with Gasteiger partial charge < -0.3 is 9.47 Å². The van der Waals surface area contributed by atoms with E-state index >= 15 is 0 Å². The summed E-state index contributed by atoms with van der Waals surface area (Å²) in [5.41, 5.74) is 0.678. The Kier molecular flexibility index (Phi) is 5.01. The molecular formula is C10H12O5. The zero-order valence-corrected chi connectivity index (χ0v) is 8.66. The minimum absolute atomic E-state index is 0.0544. The Bertz CT molecular complexity index is 309. The molecule has 1 aliphatic heterocycles. The maximum atomic E-state index is 10.2. The molecule has 0 radical (unpaired) electrons. The molecule has 0 N–H and O–H groups in total. The molecule has 0 saturated carbocycles. The molecule has 1 aliphatic rings. The highest BCUT2D eigenvalue weighted by atomic mass is 16.6. The fraction of sp³-hybridized carbons (Fsp3) is 0.300. The van der Waals surface area contributed by atoms with Crippen LogP contribution in [0.5, 0.6) is 0 Å². The lowest BCUT2D eigenvalue weighted by Gasteiger charge is -1.91. The van der Waals surface area contributed by atoms with Gasteiger partial charge in [0.25, 0.3) is 0 Å². The van der Waals surface area contributed by atoms with Crippen molar-refractivity contribution in [3.63, 3.8) is 0 Å². The third-order valence-electron chi connectivity index (χ3n) is 1.39. The number of carbonyl (C=O) groups is 3. The third kappa shape index (κ3) is 4.75. The Morgan fingerprint density at radius 2 is 2.00 bits per heavy atom. The summed E-state index contributed by atoms with van der Waals surface area (Å²) >= 11 is 0. The first kappa shape index (κ1) is 13.1. The van der Waals surface area contributed by atoms with Gasteiger partial charge >= 0.3 is 17.9 Å². The molecule has 1 fully saturated rings. The van der Waals surface area contributed by atoms with Crippen LogP contribution >= 0.6 is 0 Å². The number of esters is 3. The van der Waals surface area contributed by atoms with Gasteiger partial charge in [-0.05, 0) is 6.92 Å². The van der Waals surface area contributed by atoms with Gasteiger partial charge in [0.15, 0.2) is 0 Å². The number of methoxy groups -OCH3 is 1. The third-order valence-corrected chi connectivity index (χ3v) is 1.39. The van der Waals surface area contributed by atoms with E-state index in [4.69, 9.17) is 0 Å². The van der Waals surface area contributed by atoms with Crippen molar-refractivity contribution < 1.29 is 23.9 Å². The average Bonchev–Trinajstić information content (AvgIpc) is 2.43. The van der Waals surface area contributed by atoms with Crippen molar-refractivity contribution in [1.82, 2.24) is 0 Å². The van der Waals surface area contributed by atoms with Crippen LogP contribution in [0.15, 0.2) is 24.3 Å². The molecule has 0 unspecified atom stereocenters. The van der Waals surface area contributed by atoms with E-state index in [0.29, 0.717) is 5.57 Å². The van der Waals surface area contributed by atoms with E-state index < -0.39 is 11.9 Å². The van der Waals surface area contributed by atoms with Gasteiger partial charge in [0, 0.05) is 11.1 Å². The van der Waals surface area contributed by atoms with Gasteiger partial charge in [-0.25, -0.2) is 9.59 Å². The SMILES string of the molecule is C=C(C)C(=O)OC.C=C1CC(=O)OC1=O. The molecule has 0 aromatic carbocycles. The molecule has 0 aliphatic carbocycles. The Morgan fingerprint density at radius 3 is 2.07 bits per heavy atom. The number of cyclic esters (lactones) is 2. The summed E-state index contributed by atoms with van der Waals surface area (Å²) in [4.78, 5) is 30.6. The maximum absolute atomic E-state index is 10.2. The Balaban J connectivity index is 0.000000265. The van der Waals surface area contributed by atoms with Crippen molar-refractivity contribution in [2.24, 2.45) is 0 Å². The molecular weight excluding hydrogens is 200 g/mol. The van der Waals surface area contributed by atoms with Crippen LogP contribution in [0.2, 0.25) is 0 Å². The van der Waals surface area contributed by atoms with Crippen molar-refractivity contribution >= 4 is 17.9 Å². The van der Waals surface area contributed by atoms with Crippen LogP contribution in [-0.2, 0) is 23.9 Å². The lowest BCUT2D eigenvalue weighted by Crippen LogP contribution is -1.98. The van der Waals surface area contributed by atoms with Gasteiger partial charge in [-0.1, -0.05) is 13.2 Å². The van der Waals surface area contributed by atoms with Gasteiger partial charge in [-0.3, -0.25) is 4.79 Å². The highest BCUT2D eigenvalue weighted by Gasteiger charge is 2.24. The minimum atomic E-state index is -0.588. The molecule has 0 amide bonds. The summed E-state index contributed by atoms with van der Waals surface area (Å²) < 4.78 is 8.37. The number of ether oxygens (including phenoxy) is 2. The Morgan fingerprint density at radius 1 is 1.47 bits per heavy atom. The van der Waals surface area contributed by atoms with Crippen molar-refractivity contribution in [1.29, 1.82) is 0 Å². The van der Waals surface area contributed by atoms with Crippen LogP contribution < -0.4 is 0 Å². The first-order valence-electron chi connectivity index (χ1n) is 4.05. The minimum Gasteiger partial charge on any atom is -0.466 e. The fourth-order valence-electron chi connectivity index (χ4n) is 0.632. The van der Waals surface area contributed by atoms with Gasteiger partial charge in [0.1, 0.15) is 0 Å². The summed E-state index contributed by atoms with van der Waals surface area (Å²) in [5.74, 6) is -1.44. The summed E-state index contributed by atoms with van der Waals surface area (Å²) in [6, 6.07) is 0. The number of carbonyl (C=O) groups excluding carboxylic acids is 3. The first-order valence-corrected chi connectivity index (χ1v) is 4.05. The van der Waals surface area contributed by atoms with E-state index in [1.807, 2.05) is 0 Å². The van der Waals surface area contributed by atoms with Crippen molar-refractivity contribution in [2.45, 2.75) is 13.3 Å². The van der Waals surface area contributed by atoms with Crippen LogP contribution in [0.4, 0.5) is 0 Å². The van der Waals surface area contributed by atoms with Crippen LogP contribution in [0.1, 0.15) is 13.3 Å². The molecule has 1 heterocycles. The lowest BCUT2D eigenvalue weighted by molar-refractivity contribution is -0.151. The van der Waals surface area contributed by atoms with Crippen LogP contribution in [0, 0.1) is 0 Å². The Labute approximate surface area is 87.4 Å². The zero-order valence-electron chi connectivity index (χ0n) is 8.66. The lowest BCUT2D eigenvalue weighted by atomic mass is 10.3. The van der Waals surface area contributed by atoms with E-state index in [2.05, 4.69) is 22.6 Å². The second-order valence-electron chi connectivity index (χ2n) is 2.81.